The van der Waals surface area contributed by atoms with Crippen LogP contribution in [-0.4, -0.2) is 40.1 Å². The number of nitro groups is 1. The van der Waals surface area contributed by atoms with Crippen LogP contribution in [0.15, 0.2) is 23.1 Å². The van der Waals surface area contributed by atoms with Crippen LogP contribution in [0.3, 0.4) is 0 Å². The predicted octanol–water partition coefficient (Wildman–Crippen LogP) is 0.881. The minimum Gasteiger partial charge on any atom is -0.490 e. The molecule has 1 heterocycles. The third-order valence-corrected chi connectivity index (χ3v) is 5.12. The lowest BCUT2D eigenvalue weighted by atomic mass is 10.1. The molecule has 8 nitrogen and oxygen atoms in total. The Morgan fingerprint density at radius 3 is 2.86 bits per heavy atom. The summed E-state index contributed by atoms with van der Waals surface area (Å²) in [4.78, 5) is 10.2. The minimum atomic E-state index is -3.70. The number of hydrogen-bond acceptors (Lipinski definition) is 6. The third-order valence-electron chi connectivity index (χ3n) is 3.67. The van der Waals surface area contributed by atoms with Crippen molar-refractivity contribution in [2.45, 2.75) is 17.7 Å². The van der Waals surface area contributed by atoms with Gasteiger partial charge in [0.25, 0.3) is 0 Å². The lowest BCUT2D eigenvalue weighted by molar-refractivity contribution is -0.385. The molecule has 1 aromatic carbocycles. The largest absolute Gasteiger partial charge is 0.490 e. The highest BCUT2D eigenvalue weighted by Gasteiger charge is 2.21. The summed E-state index contributed by atoms with van der Waals surface area (Å²) in [6.07, 6.45) is 1.81. The zero-order valence-electron chi connectivity index (χ0n) is 12.2. The van der Waals surface area contributed by atoms with Crippen molar-refractivity contribution in [3.63, 3.8) is 0 Å². The molecule has 0 aliphatic carbocycles. The molecule has 1 aliphatic rings. The summed E-state index contributed by atoms with van der Waals surface area (Å²) in [5, 5.41) is 14.0. The number of nitro benzene ring substituents is 1. The molecule has 0 spiro atoms. The van der Waals surface area contributed by atoms with E-state index < -0.39 is 14.9 Å². The smallest absolute Gasteiger partial charge is 0.310 e. The maximum absolute atomic E-state index is 12.2. The molecule has 122 valence electrons. The van der Waals surface area contributed by atoms with Gasteiger partial charge in [0.1, 0.15) is 0 Å². The average molecular weight is 329 g/mol. The van der Waals surface area contributed by atoms with E-state index in [0.717, 1.165) is 38.1 Å². The summed E-state index contributed by atoms with van der Waals surface area (Å²) in [7, 11) is -2.44. The summed E-state index contributed by atoms with van der Waals surface area (Å²) in [5.41, 5.74) is -0.265. The van der Waals surface area contributed by atoms with Crippen LogP contribution in [0.2, 0.25) is 0 Å². The normalized spacial score (nSPS) is 18.3. The lowest BCUT2D eigenvalue weighted by Crippen LogP contribution is -2.26. The number of rotatable bonds is 7. The van der Waals surface area contributed by atoms with Crippen molar-refractivity contribution >= 4 is 15.7 Å². The fourth-order valence-electron chi connectivity index (χ4n) is 2.42. The van der Waals surface area contributed by atoms with Crippen LogP contribution >= 0.6 is 0 Å². The number of ether oxygens (including phenoxy) is 1. The van der Waals surface area contributed by atoms with Crippen LogP contribution in [0.25, 0.3) is 0 Å². The van der Waals surface area contributed by atoms with Crippen LogP contribution < -0.4 is 14.8 Å². The lowest BCUT2D eigenvalue weighted by Gasteiger charge is -2.11. The Hall–Kier alpha value is -1.71. The molecule has 1 aliphatic heterocycles. The van der Waals surface area contributed by atoms with Gasteiger partial charge in [-0.25, -0.2) is 13.1 Å². The van der Waals surface area contributed by atoms with E-state index in [9.17, 15) is 18.5 Å². The van der Waals surface area contributed by atoms with Crippen molar-refractivity contribution in [3.8, 4) is 5.75 Å². The number of nitrogens with one attached hydrogen (secondary N) is 2. The standard InChI is InChI=1S/C13H19N3O5S/c1-21-13-8-11(2-3-12(13)16(17)18)22(19,20)15-7-5-10-4-6-14-9-10/h2-3,8,10,14-15H,4-7,9H2,1H3. The number of benzene rings is 1. The summed E-state index contributed by atoms with van der Waals surface area (Å²) in [6, 6.07) is 3.51. The van der Waals surface area contributed by atoms with E-state index in [-0.39, 0.29) is 16.3 Å². The molecule has 1 saturated heterocycles. The highest BCUT2D eigenvalue weighted by Crippen LogP contribution is 2.29. The van der Waals surface area contributed by atoms with E-state index in [1.54, 1.807) is 0 Å². The van der Waals surface area contributed by atoms with Crippen molar-refractivity contribution in [3.05, 3.63) is 28.3 Å². The zero-order chi connectivity index (χ0) is 16.2. The molecule has 0 radical (unpaired) electrons. The Morgan fingerprint density at radius 2 is 2.27 bits per heavy atom. The van der Waals surface area contributed by atoms with Gasteiger partial charge in [0.15, 0.2) is 5.75 Å². The first-order valence-corrected chi connectivity index (χ1v) is 8.45. The SMILES string of the molecule is COc1cc(S(=O)(=O)NCCC2CCNC2)ccc1[N+](=O)[O-]. The molecule has 2 N–H and O–H groups in total. The van der Waals surface area contributed by atoms with Crippen molar-refractivity contribution in [1.82, 2.24) is 10.0 Å². The highest BCUT2D eigenvalue weighted by atomic mass is 32.2. The average Bonchev–Trinajstić information content (AvgIpc) is 2.99. The highest BCUT2D eigenvalue weighted by molar-refractivity contribution is 7.89. The number of nitrogens with zero attached hydrogens (tertiary/aromatic N) is 1. The molecule has 0 amide bonds. The summed E-state index contributed by atoms with van der Waals surface area (Å²) < 4.78 is 31.8. The van der Waals surface area contributed by atoms with Gasteiger partial charge in [0.2, 0.25) is 10.0 Å². The van der Waals surface area contributed by atoms with Crippen LogP contribution in [-0.2, 0) is 10.0 Å². The Balaban J connectivity index is 2.06. The van der Waals surface area contributed by atoms with E-state index in [0.29, 0.717) is 12.5 Å². The molecule has 0 saturated carbocycles. The fraction of sp³-hybridized carbons (Fsp3) is 0.538. The molecule has 1 aromatic rings. The second-order valence-corrected chi connectivity index (χ2v) is 6.90. The van der Waals surface area contributed by atoms with E-state index in [1.165, 1.54) is 13.2 Å². The molecule has 0 aromatic heterocycles. The number of methoxy groups -OCH3 is 1. The van der Waals surface area contributed by atoms with Crippen molar-refractivity contribution < 1.29 is 18.1 Å². The van der Waals surface area contributed by atoms with Gasteiger partial charge in [0.05, 0.1) is 16.9 Å². The Bertz CT molecular complexity index is 641. The number of sulfonamides is 1. The van der Waals surface area contributed by atoms with Crippen LogP contribution in [0.1, 0.15) is 12.8 Å². The van der Waals surface area contributed by atoms with Crippen molar-refractivity contribution in [2.75, 3.05) is 26.7 Å². The molecule has 0 bridgehead atoms. The van der Waals surface area contributed by atoms with Crippen LogP contribution in [0.4, 0.5) is 5.69 Å². The van der Waals surface area contributed by atoms with Gasteiger partial charge in [-0.3, -0.25) is 10.1 Å². The first-order valence-electron chi connectivity index (χ1n) is 6.97. The summed E-state index contributed by atoms with van der Waals surface area (Å²) in [5.74, 6) is 0.405. The summed E-state index contributed by atoms with van der Waals surface area (Å²) >= 11 is 0. The monoisotopic (exact) mass is 329 g/mol. The van der Waals surface area contributed by atoms with Crippen LogP contribution in [0, 0.1) is 16.0 Å². The third kappa shape index (κ3) is 3.93. The topological polar surface area (TPSA) is 111 Å². The molecule has 22 heavy (non-hydrogen) atoms. The van der Waals surface area contributed by atoms with Gasteiger partial charge < -0.3 is 10.1 Å². The molecule has 1 unspecified atom stereocenters. The van der Waals surface area contributed by atoms with Crippen molar-refractivity contribution in [1.29, 1.82) is 0 Å². The van der Waals surface area contributed by atoms with Crippen molar-refractivity contribution in [2.24, 2.45) is 5.92 Å². The molecule has 1 fully saturated rings. The second kappa shape index (κ2) is 7.03. The fourth-order valence-corrected chi connectivity index (χ4v) is 3.48. The van der Waals surface area contributed by atoms with Gasteiger partial charge in [-0.1, -0.05) is 0 Å². The summed E-state index contributed by atoms with van der Waals surface area (Å²) in [6.45, 7) is 2.22. The first kappa shape index (κ1) is 16.7. The quantitative estimate of drug-likeness (QED) is 0.567. The Kier molecular flexibility index (Phi) is 5.33. The van der Waals surface area contributed by atoms with Gasteiger partial charge >= 0.3 is 5.69 Å². The maximum Gasteiger partial charge on any atom is 0.310 e. The molecular weight excluding hydrogens is 310 g/mol. The van der Waals surface area contributed by atoms with Gasteiger partial charge in [-0.15, -0.1) is 0 Å². The molecule has 9 heteroatoms. The second-order valence-electron chi connectivity index (χ2n) is 5.14. The molecule has 1 atom stereocenters. The van der Waals surface area contributed by atoms with E-state index >= 15 is 0 Å². The first-order chi connectivity index (χ1) is 10.4. The van der Waals surface area contributed by atoms with E-state index in [2.05, 4.69) is 10.0 Å². The van der Waals surface area contributed by atoms with Gasteiger partial charge in [0, 0.05) is 18.7 Å². The van der Waals surface area contributed by atoms with E-state index in [1.807, 2.05) is 0 Å². The van der Waals surface area contributed by atoms with Gasteiger partial charge in [-0.2, -0.15) is 0 Å². The predicted molar refractivity (Wildman–Crippen MR) is 80.4 cm³/mol. The Labute approximate surface area is 129 Å². The molecular formula is C13H19N3O5S. The van der Waals surface area contributed by atoms with E-state index in [4.69, 9.17) is 4.74 Å². The molecule has 2 rings (SSSR count). The number of hydrogen-bond donors (Lipinski definition) is 2. The van der Waals surface area contributed by atoms with Crippen LogP contribution in [0.5, 0.6) is 5.75 Å². The minimum absolute atomic E-state index is 0.0421. The Morgan fingerprint density at radius 1 is 1.50 bits per heavy atom. The maximum atomic E-state index is 12.2. The zero-order valence-corrected chi connectivity index (χ0v) is 13.1. The van der Waals surface area contributed by atoms with Gasteiger partial charge in [-0.05, 0) is 37.9 Å².